The first-order valence-corrected chi connectivity index (χ1v) is 9.50. The smallest absolute Gasteiger partial charge is 0.264 e. The van der Waals surface area contributed by atoms with Crippen LogP contribution in [0.25, 0.3) is 0 Å². The van der Waals surface area contributed by atoms with Gasteiger partial charge in [-0.25, -0.2) is 10.1 Å². The summed E-state index contributed by atoms with van der Waals surface area (Å²) in [4.78, 5) is 23.4. The minimum Gasteiger partial charge on any atom is -0.460 e. The molecule has 3 rings (SSSR count). The zero-order valence-electron chi connectivity index (χ0n) is 15.7. The maximum Gasteiger partial charge on any atom is 0.264 e. The molecule has 29 heavy (non-hydrogen) atoms. The van der Waals surface area contributed by atoms with Crippen LogP contribution in [0.2, 0.25) is 0 Å². The molecule has 0 atom stereocenters. The number of aromatic nitrogens is 3. The van der Waals surface area contributed by atoms with E-state index in [-0.39, 0.29) is 23.4 Å². The van der Waals surface area contributed by atoms with Crippen molar-refractivity contribution in [2.45, 2.75) is 19.0 Å². The molecule has 0 radical (unpaired) electrons. The van der Waals surface area contributed by atoms with Crippen LogP contribution in [-0.4, -0.2) is 38.5 Å². The van der Waals surface area contributed by atoms with Crippen molar-refractivity contribution in [3.63, 3.8) is 0 Å². The first-order valence-electron chi connectivity index (χ1n) is 8.52. The number of hydrogen-bond donors (Lipinski definition) is 3. The Kier molecular flexibility index (Phi) is 6.29. The van der Waals surface area contributed by atoms with Crippen molar-refractivity contribution < 1.29 is 14.0 Å². The lowest BCUT2D eigenvalue weighted by Gasteiger charge is -2.06. The summed E-state index contributed by atoms with van der Waals surface area (Å²) in [6, 6.07) is 10.3. The number of benzene rings is 1. The third kappa shape index (κ3) is 5.45. The van der Waals surface area contributed by atoms with Gasteiger partial charge in [0.05, 0.1) is 12.0 Å². The van der Waals surface area contributed by atoms with Gasteiger partial charge in [-0.1, -0.05) is 11.8 Å². The van der Waals surface area contributed by atoms with Crippen molar-refractivity contribution in [3.8, 4) is 0 Å². The predicted molar refractivity (Wildman–Crippen MR) is 111 cm³/mol. The number of carbonyl (C=O) groups excluding carboxylic acids is 2. The van der Waals surface area contributed by atoms with E-state index in [9.17, 15) is 9.59 Å². The SMILES string of the molecule is CC(=O)c1ccc(NC(=O)CSc2nnc(N/N=C/c3ccc(C)o3)n2N)cc1. The molecule has 1 aromatic carbocycles. The highest BCUT2D eigenvalue weighted by atomic mass is 32.2. The summed E-state index contributed by atoms with van der Waals surface area (Å²) in [5, 5.41) is 14.9. The fourth-order valence-electron chi connectivity index (χ4n) is 2.24. The molecule has 1 amide bonds. The largest absolute Gasteiger partial charge is 0.460 e. The second kappa shape index (κ2) is 9.06. The molecule has 0 aliphatic heterocycles. The average molecular weight is 413 g/mol. The van der Waals surface area contributed by atoms with E-state index in [0.717, 1.165) is 17.5 Å². The Labute approximate surface area is 170 Å². The molecular weight excluding hydrogens is 394 g/mol. The molecule has 0 saturated carbocycles. The van der Waals surface area contributed by atoms with E-state index in [1.165, 1.54) is 17.8 Å². The van der Waals surface area contributed by atoms with Crippen molar-refractivity contribution in [3.05, 3.63) is 53.5 Å². The van der Waals surface area contributed by atoms with Gasteiger partial charge in [-0.2, -0.15) is 5.10 Å². The maximum atomic E-state index is 12.1. The summed E-state index contributed by atoms with van der Waals surface area (Å²) in [6.07, 6.45) is 1.49. The number of amides is 1. The summed E-state index contributed by atoms with van der Waals surface area (Å²) in [5.74, 6) is 7.30. The number of nitrogens with two attached hydrogens (primary N) is 1. The Morgan fingerprint density at radius 1 is 1.24 bits per heavy atom. The zero-order valence-corrected chi connectivity index (χ0v) is 16.6. The van der Waals surface area contributed by atoms with Gasteiger partial charge in [0.2, 0.25) is 11.1 Å². The molecule has 0 unspecified atom stereocenters. The summed E-state index contributed by atoms with van der Waals surface area (Å²) in [6.45, 7) is 3.32. The van der Waals surface area contributed by atoms with E-state index in [1.807, 2.05) is 13.0 Å². The second-order valence-electron chi connectivity index (χ2n) is 5.96. The van der Waals surface area contributed by atoms with Crippen LogP contribution >= 0.6 is 11.8 Å². The molecule has 3 aromatic rings. The number of rotatable bonds is 8. The van der Waals surface area contributed by atoms with Gasteiger partial charge in [-0.15, -0.1) is 10.2 Å². The molecule has 0 spiro atoms. The highest BCUT2D eigenvalue weighted by Crippen LogP contribution is 2.17. The van der Waals surface area contributed by atoms with E-state index >= 15 is 0 Å². The van der Waals surface area contributed by atoms with Crippen molar-refractivity contribution in [2.24, 2.45) is 5.10 Å². The van der Waals surface area contributed by atoms with Crippen molar-refractivity contribution >= 4 is 41.3 Å². The molecule has 2 heterocycles. The Balaban J connectivity index is 1.51. The molecule has 11 heteroatoms. The molecule has 0 saturated heterocycles. The number of hydrogen-bond acceptors (Lipinski definition) is 9. The fraction of sp³-hybridized carbons (Fsp3) is 0.167. The van der Waals surface area contributed by atoms with Gasteiger partial charge in [0.25, 0.3) is 5.95 Å². The highest BCUT2D eigenvalue weighted by Gasteiger charge is 2.12. The monoisotopic (exact) mass is 413 g/mol. The molecule has 0 bridgehead atoms. The fourth-order valence-corrected chi connectivity index (χ4v) is 2.90. The van der Waals surface area contributed by atoms with Gasteiger partial charge in [0.1, 0.15) is 11.5 Å². The molecule has 0 fully saturated rings. The summed E-state index contributed by atoms with van der Waals surface area (Å²) >= 11 is 1.12. The topological polar surface area (TPSA) is 140 Å². The van der Waals surface area contributed by atoms with Gasteiger partial charge in [-0.05, 0) is 50.2 Å². The van der Waals surface area contributed by atoms with Gasteiger partial charge < -0.3 is 15.6 Å². The lowest BCUT2D eigenvalue weighted by atomic mass is 10.1. The van der Waals surface area contributed by atoms with Crippen LogP contribution in [0, 0.1) is 6.92 Å². The number of ketones is 1. The Bertz CT molecular complexity index is 1040. The van der Waals surface area contributed by atoms with Crippen LogP contribution in [0.5, 0.6) is 0 Å². The van der Waals surface area contributed by atoms with Crippen LogP contribution in [0.3, 0.4) is 0 Å². The number of Topliss-reactive ketones (excluding diaryl/α,β-unsaturated/α-hetero) is 1. The Morgan fingerprint density at radius 2 is 2.00 bits per heavy atom. The van der Waals surface area contributed by atoms with Gasteiger partial charge in [-0.3, -0.25) is 9.59 Å². The third-order valence-corrected chi connectivity index (χ3v) is 4.63. The highest BCUT2D eigenvalue weighted by molar-refractivity contribution is 7.99. The summed E-state index contributed by atoms with van der Waals surface area (Å²) in [5.41, 5.74) is 3.84. The number of nitrogen functional groups attached to an aromatic ring is 1. The van der Waals surface area contributed by atoms with Crippen molar-refractivity contribution in [2.75, 3.05) is 22.3 Å². The maximum absolute atomic E-state index is 12.1. The number of nitrogens with one attached hydrogen (secondary N) is 2. The van der Waals surface area contributed by atoms with Crippen molar-refractivity contribution in [1.82, 2.24) is 14.9 Å². The van der Waals surface area contributed by atoms with E-state index in [2.05, 4.69) is 26.0 Å². The van der Waals surface area contributed by atoms with Gasteiger partial charge in [0, 0.05) is 11.3 Å². The van der Waals surface area contributed by atoms with Crippen LogP contribution in [-0.2, 0) is 4.79 Å². The second-order valence-corrected chi connectivity index (χ2v) is 6.91. The van der Waals surface area contributed by atoms with E-state index < -0.39 is 0 Å². The number of aryl methyl sites for hydroxylation is 1. The lowest BCUT2D eigenvalue weighted by molar-refractivity contribution is -0.113. The van der Waals surface area contributed by atoms with E-state index in [1.54, 1.807) is 30.3 Å². The number of hydrazone groups is 1. The Morgan fingerprint density at radius 3 is 2.66 bits per heavy atom. The Hall–Kier alpha value is -3.60. The quantitative estimate of drug-likeness (QED) is 0.168. The standard InChI is InChI=1S/C18H19N7O3S/c1-11-3-8-15(28-11)9-20-22-17-23-24-18(25(17)19)29-10-16(27)21-14-6-4-13(5-7-14)12(2)26/h3-9H,10,19H2,1-2H3,(H,21,27)(H,22,23)/b20-9+. The third-order valence-electron chi connectivity index (χ3n) is 3.69. The lowest BCUT2D eigenvalue weighted by Crippen LogP contribution is -2.17. The average Bonchev–Trinajstić information content (AvgIpc) is 3.26. The number of nitrogens with zero attached hydrogens (tertiary/aromatic N) is 4. The van der Waals surface area contributed by atoms with E-state index in [4.69, 9.17) is 10.3 Å². The summed E-state index contributed by atoms with van der Waals surface area (Å²) < 4.78 is 6.56. The molecule has 2 aromatic heterocycles. The first kappa shape index (κ1) is 20.1. The zero-order chi connectivity index (χ0) is 20.8. The van der Waals surface area contributed by atoms with Crippen molar-refractivity contribution in [1.29, 1.82) is 0 Å². The van der Waals surface area contributed by atoms with E-state index in [0.29, 0.717) is 22.2 Å². The number of thioether (sulfide) groups is 1. The molecule has 150 valence electrons. The molecule has 4 N–H and O–H groups in total. The number of furan rings is 1. The molecular formula is C18H19N7O3S. The van der Waals surface area contributed by atoms with Gasteiger partial charge >= 0.3 is 0 Å². The predicted octanol–water partition coefficient (Wildman–Crippen LogP) is 2.27. The van der Waals surface area contributed by atoms with Crippen LogP contribution in [0.1, 0.15) is 28.8 Å². The minimum atomic E-state index is -0.241. The minimum absolute atomic E-state index is 0.0336. The number of anilines is 2. The number of carbonyl (C=O) groups is 2. The molecule has 0 aliphatic carbocycles. The molecule has 0 aliphatic rings. The molecule has 10 nitrogen and oxygen atoms in total. The normalized spacial score (nSPS) is 11.0. The van der Waals surface area contributed by atoms with Crippen LogP contribution < -0.4 is 16.6 Å². The van der Waals surface area contributed by atoms with Gasteiger partial charge in [0.15, 0.2) is 5.78 Å². The van der Waals surface area contributed by atoms with Crippen LogP contribution in [0.15, 0.2) is 51.1 Å². The van der Waals surface area contributed by atoms with Crippen LogP contribution in [0.4, 0.5) is 11.6 Å². The summed E-state index contributed by atoms with van der Waals surface area (Å²) in [7, 11) is 0. The first-order chi connectivity index (χ1) is 13.9.